The number of benzene rings is 1. The van der Waals surface area contributed by atoms with Gasteiger partial charge in [0.15, 0.2) is 0 Å². The quantitative estimate of drug-likeness (QED) is 0.830. The standard InChI is InChI=1S/C15H21FO/c1-14(2)9-5-6-10-15(14,17)11-12-7-3-4-8-13(12)16/h3-4,7-8,17H,5-6,9-11H2,1-2H3. The first-order valence-electron chi connectivity index (χ1n) is 6.40. The van der Waals surface area contributed by atoms with Crippen LogP contribution < -0.4 is 0 Å². The van der Waals surface area contributed by atoms with Crippen LogP contribution in [0.2, 0.25) is 0 Å². The van der Waals surface area contributed by atoms with E-state index in [1.54, 1.807) is 12.1 Å². The molecule has 2 heteroatoms. The fraction of sp³-hybridized carbons (Fsp3) is 0.600. The SMILES string of the molecule is CC1(C)CCCCC1(O)Cc1ccccc1F. The fourth-order valence-corrected chi connectivity index (χ4v) is 2.84. The molecule has 1 nitrogen and oxygen atoms in total. The first-order chi connectivity index (χ1) is 7.95. The van der Waals surface area contributed by atoms with Crippen LogP contribution in [0, 0.1) is 11.2 Å². The third-order valence-electron chi connectivity index (χ3n) is 4.34. The maximum atomic E-state index is 13.7. The van der Waals surface area contributed by atoms with Crippen molar-refractivity contribution in [3.63, 3.8) is 0 Å². The van der Waals surface area contributed by atoms with Gasteiger partial charge in [0.25, 0.3) is 0 Å². The van der Waals surface area contributed by atoms with Crippen molar-refractivity contribution < 1.29 is 9.50 Å². The van der Waals surface area contributed by atoms with Crippen molar-refractivity contribution in [2.45, 2.75) is 51.6 Å². The van der Waals surface area contributed by atoms with Crippen molar-refractivity contribution >= 4 is 0 Å². The minimum atomic E-state index is -0.770. The molecule has 0 aliphatic heterocycles. The second kappa shape index (κ2) is 4.41. The van der Waals surface area contributed by atoms with Gasteiger partial charge in [0.2, 0.25) is 0 Å². The zero-order valence-corrected chi connectivity index (χ0v) is 10.7. The van der Waals surface area contributed by atoms with Gasteiger partial charge in [-0.15, -0.1) is 0 Å². The van der Waals surface area contributed by atoms with Gasteiger partial charge in [-0.25, -0.2) is 4.39 Å². The number of rotatable bonds is 2. The summed E-state index contributed by atoms with van der Waals surface area (Å²) in [5.74, 6) is -0.206. The van der Waals surface area contributed by atoms with E-state index in [0.717, 1.165) is 25.7 Å². The molecule has 0 radical (unpaired) electrons. The van der Waals surface area contributed by atoms with E-state index in [2.05, 4.69) is 13.8 Å². The van der Waals surface area contributed by atoms with Crippen LogP contribution in [0.4, 0.5) is 4.39 Å². The Morgan fingerprint density at radius 1 is 1.18 bits per heavy atom. The lowest BCUT2D eigenvalue weighted by atomic mass is 9.63. The molecule has 0 saturated heterocycles. The first kappa shape index (κ1) is 12.6. The van der Waals surface area contributed by atoms with Crippen molar-refractivity contribution in [1.82, 2.24) is 0 Å². The summed E-state index contributed by atoms with van der Waals surface area (Å²) < 4.78 is 13.7. The van der Waals surface area contributed by atoms with Gasteiger partial charge >= 0.3 is 0 Å². The van der Waals surface area contributed by atoms with Crippen LogP contribution in [-0.4, -0.2) is 10.7 Å². The Bertz CT molecular complexity index is 400. The van der Waals surface area contributed by atoms with Gasteiger partial charge in [-0.1, -0.05) is 44.9 Å². The van der Waals surface area contributed by atoms with Gasteiger partial charge in [-0.05, 0) is 29.9 Å². The molecule has 1 aromatic carbocycles. The second-order valence-electron chi connectivity index (χ2n) is 5.89. The average Bonchev–Trinajstić information content (AvgIpc) is 2.26. The highest BCUT2D eigenvalue weighted by molar-refractivity contribution is 5.20. The molecule has 1 N–H and O–H groups in total. The Kier molecular flexibility index (Phi) is 3.26. The molecule has 1 unspecified atom stereocenters. The van der Waals surface area contributed by atoms with Gasteiger partial charge in [-0.2, -0.15) is 0 Å². The molecule has 1 atom stereocenters. The lowest BCUT2D eigenvalue weighted by molar-refractivity contribution is -0.0962. The van der Waals surface area contributed by atoms with Crippen LogP contribution in [0.15, 0.2) is 24.3 Å². The molecule has 2 rings (SSSR count). The summed E-state index contributed by atoms with van der Waals surface area (Å²) in [6, 6.07) is 6.76. The van der Waals surface area contributed by atoms with Crippen molar-refractivity contribution in [2.24, 2.45) is 5.41 Å². The maximum absolute atomic E-state index is 13.7. The van der Waals surface area contributed by atoms with Gasteiger partial charge in [0.05, 0.1) is 5.60 Å². The monoisotopic (exact) mass is 236 g/mol. The number of hydrogen-bond donors (Lipinski definition) is 1. The fourth-order valence-electron chi connectivity index (χ4n) is 2.84. The van der Waals surface area contributed by atoms with Gasteiger partial charge in [-0.3, -0.25) is 0 Å². The highest BCUT2D eigenvalue weighted by Gasteiger charge is 2.45. The van der Waals surface area contributed by atoms with E-state index in [1.165, 1.54) is 6.07 Å². The van der Waals surface area contributed by atoms with Gasteiger partial charge in [0, 0.05) is 6.42 Å². The molecule has 1 aliphatic rings. The normalized spacial score (nSPS) is 28.0. The summed E-state index contributed by atoms with van der Waals surface area (Å²) >= 11 is 0. The van der Waals surface area contributed by atoms with E-state index in [9.17, 15) is 9.50 Å². The zero-order valence-electron chi connectivity index (χ0n) is 10.7. The Morgan fingerprint density at radius 2 is 1.82 bits per heavy atom. The molecule has 0 amide bonds. The first-order valence-corrected chi connectivity index (χ1v) is 6.40. The molecule has 0 heterocycles. The van der Waals surface area contributed by atoms with E-state index in [4.69, 9.17) is 0 Å². The molecule has 0 spiro atoms. The molecule has 1 fully saturated rings. The molecule has 1 aromatic rings. The molecule has 94 valence electrons. The third-order valence-corrected chi connectivity index (χ3v) is 4.34. The topological polar surface area (TPSA) is 20.2 Å². The summed E-state index contributed by atoms with van der Waals surface area (Å²) in [5.41, 5.74) is -0.272. The van der Waals surface area contributed by atoms with Crippen LogP contribution in [0.1, 0.15) is 45.1 Å². The number of aliphatic hydroxyl groups is 1. The molecule has 0 bridgehead atoms. The van der Waals surface area contributed by atoms with Crippen molar-refractivity contribution in [3.8, 4) is 0 Å². The van der Waals surface area contributed by atoms with E-state index in [1.807, 2.05) is 6.07 Å². The molecule has 1 aliphatic carbocycles. The molecule has 1 saturated carbocycles. The number of hydrogen-bond acceptors (Lipinski definition) is 1. The van der Waals surface area contributed by atoms with Gasteiger partial charge in [0.1, 0.15) is 5.82 Å². The highest BCUT2D eigenvalue weighted by atomic mass is 19.1. The third kappa shape index (κ3) is 2.37. The van der Waals surface area contributed by atoms with Crippen LogP contribution in [0.25, 0.3) is 0 Å². The molecule has 0 aromatic heterocycles. The predicted octanol–water partition coefficient (Wildman–Crippen LogP) is 3.70. The minimum absolute atomic E-state index is 0.131. The summed E-state index contributed by atoms with van der Waals surface area (Å²) in [4.78, 5) is 0. The minimum Gasteiger partial charge on any atom is -0.389 e. The van der Waals surface area contributed by atoms with Crippen molar-refractivity contribution in [2.75, 3.05) is 0 Å². The lowest BCUT2D eigenvalue weighted by Gasteiger charge is -2.46. The van der Waals surface area contributed by atoms with Crippen LogP contribution in [0.3, 0.4) is 0 Å². The van der Waals surface area contributed by atoms with Crippen molar-refractivity contribution in [3.05, 3.63) is 35.6 Å². The van der Waals surface area contributed by atoms with E-state index < -0.39 is 5.60 Å². The smallest absolute Gasteiger partial charge is 0.126 e. The Morgan fingerprint density at radius 3 is 2.47 bits per heavy atom. The Labute approximate surface area is 103 Å². The number of halogens is 1. The highest BCUT2D eigenvalue weighted by Crippen LogP contribution is 2.45. The van der Waals surface area contributed by atoms with Gasteiger partial charge < -0.3 is 5.11 Å². The van der Waals surface area contributed by atoms with Crippen LogP contribution >= 0.6 is 0 Å². The van der Waals surface area contributed by atoms with E-state index in [-0.39, 0.29) is 11.2 Å². The Balaban J connectivity index is 2.24. The van der Waals surface area contributed by atoms with Crippen LogP contribution in [0.5, 0.6) is 0 Å². The predicted molar refractivity (Wildman–Crippen MR) is 67.3 cm³/mol. The second-order valence-corrected chi connectivity index (χ2v) is 5.89. The van der Waals surface area contributed by atoms with E-state index >= 15 is 0 Å². The summed E-state index contributed by atoms with van der Waals surface area (Å²) in [6.45, 7) is 4.18. The summed E-state index contributed by atoms with van der Waals surface area (Å²) in [5, 5.41) is 10.8. The van der Waals surface area contributed by atoms with E-state index in [0.29, 0.717) is 12.0 Å². The molecule has 17 heavy (non-hydrogen) atoms. The largest absolute Gasteiger partial charge is 0.389 e. The molecular formula is C15H21FO. The zero-order chi connectivity index (χ0) is 12.5. The average molecular weight is 236 g/mol. The lowest BCUT2D eigenvalue weighted by Crippen LogP contribution is -2.48. The van der Waals surface area contributed by atoms with Crippen LogP contribution in [-0.2, 0) is 6.42 Å². The van der Waals surface area contributed by atoms with Crippen molar-refractivity contribution in [1.29, 1.82) is 0 Å². The summed E-state index contributed by atoms with van der Waals surface area (Å²) in [6.07, 6.45) is 4.40. The maximum Gasteiger partial charge on any atom is 0.126 e. The summed E-state index contributed by atoms with van der Waals surface area (Å²) in [7, 11) is 0. The Hall–Kier alpha value is -0.890. The molecular weight excluding hydrogens is 215 g/mol.